The molecule has 1 atom stereocenters. The summed E-state index contributed by atoms with van der Waals surface area (Å²) in [6, 6.07) is 6.27. The average Bonchev–Trinajstić information content (AvgIpc) is 2.49. The van der Waals surface area contributed by atoms with Gasteiger partial charge in [-0.25, -0.2) is 13.6 Å². The number of hydrogen-bond acceptors (Lipinski definition) is 2. The van der Waals surface area contributed by atoms with Crippen LogP contribution in [0.25, 0.3) is 0 Å². The number of alkyl halides is 3. The quantitative estimate of drug-likeness (QED) is 0.774. The van der Waals surface area contributed by atoms with Gasteiger partial charge in [-0.15, -0.1) is 13.2 Å². The lowest BCUT2D eigenvalue weighted by Gasteiger charge is -2.16. The van der Waals surface area contributed by atoms with Crippen LogP contribution in [-0.4, -0.2) is 12.4 Å². The van der Waals surface area contributed by atoms with Crippen LogP contribution in [0.3, 0.4) is 0 Å². The summed E-state index contributed by atoms with van der Waals surface area (Å²) in [5.41, 5.74) is 0.296. The lowest BCUT2D eigenvalue weighted by molar-refractivity contribution is -0.274. The maximum Gasteiger partial charge on any atom is 0.573 e. The topological polar surface area (TPSA) is 50.4 Å². The third-order valence-electron chi connectivity index (χ3n) is 3.14. The standard InChI is InChI=1S/C16H13F5N2O2/c1-9(10-2-5-12(6-3-10)25-16(19,20)21)22-15(24)23-14-7-4-11(17)8-13(14)18/h2-9H,1H3,(H2,22,23,24). The summed E-state index contributed by atoms with van der Waals surface area (Å²) in [5.74, 6) is -2.10. The van der Waals surface area contributed by atoms with Gasteiger partial charge in [0.25, 0.3) is 0 Å². The van der Waals surface area contributed by atoms with E-state index in [0.29, 0.717) is 11.6 Å². The van der Waals surface area contributed by atoms with Gasteiger partial charge >= 0.3 is 12.4 Å². The van der Waals surface area contributed by atoms with Crippen LogP contribution < -0.4 is 15.4 Å². The maximum absolute atomic E-state index is 13.5. The van der Waals surface area contributed by atoms with Crippen LogP contribution in [0.4, 0.5) is 32.4 Å². The molecule has 0 heterocycles. The molecule has 0 saturated heterocycles. The van der Waals surface area contributed by atoms with E-state index in [2.05, 4.69) is 15.4 Å². The monoisotopic (exact) mass is 360 g/mol. The number of urea groups is 1. The van der Waals surface area contributed by atoms with Crippen LogP contribution in [0, 0.1) is 11.6 Å². The molecule has 0 saturated carbocycles. The van der Waals surface area contributed by atoms with E-state index in [1.165, 1.54) is 12.1 Å². The second-order valence-electron chi connectivity index (χ2n) is 5.06. The fraction of sp³-hybridized carbons (Fsp3) is 0.188. The number of carbonyl (C=O) groups is 1. The highest BCUT2D eigenvalue weighted by Crippen LogP contribution is 2.24. The molecule has 0 aliphatic carbocycles. The molecule has 0 bridgehead atoms. The van der Waals surface area contributed by atoms with Crippen molar-refractivity contribution in [3.8, 4) is 5.75 Å². The molecule has 0 aliphatic rings. The van der Waals surface area contributed by atoms with Crippen molar-refractivity contribution in [2.45, 2.75) is 19.3 Å². The second kappa shape index (κ2) is 7.37. The summed E-state index contributed by atoms with van der Waals surface area (Å²) in [6.45, 7) is 1.58. The number of rotatable bonds is 4. The fourth-order valence-electron chi connectivity index (χ4n) is 1.99. The molecule has 134 valence electrons. The van der Waals surface area contributed by atoms with E-state index in [-0.39, 0.29) is 11.4 Å². The molecule has 0 spiro atoms. The highest BCUT2D eigenvalue weighted by Gasteiger charge is 2.31. The molecule has 9 heteroatoms. The number of hydrogen-bond donors (Lipinski definition) is 2. The highest BCUT2D eigenvalue weighted by atomic mass is 19.4. The highest BCUT2D eigenvalue weighted by molar-refractivity contribution is 5.89. The van der Waals surface area contributed by atoms with Crippen molar-refractivity contribution in [3.05, 3.63) is 59.7 Å². The summed E-state index contributed by atoms with van der Waals surface area (Å²) >= 11 is 0. The Balaban J connectivity index is 1.96. The summed E-state index contributed by atoms with van der Waals surface area (Å²) < 4.78 is 66.3. The van der Waals surface area contributed by atoms with Crippen molar-refractivity contribution in [3.63, 3.8) is 0 Å². The van der Waals surface area contributed by atoms with Crippen LogP contribution in [0.5, 0.6) is 5.75 Å². The molecule has 2 rings (SSSR count). The smallest absolute Gasteiger partial charge is 0.406 e. The minimum atomic E-state index is -4.79. The van der Waals surface area contributed by atoms with Crippen molar-refractivity contribution in [2.75, 3.05) is 5.32 Å². The predicted octanol–water partition coefficient (Wildman–Crippen LogP) is 4.75. The van der Waals surface area contributed by atoms with Gasteiger partial charge in [0.2, 0.25) is 0 Å². The van der Waals surface area contributed by atoms with Crippen molar-refractivity contribution in [1.82, 2.24) is 5.32 Å². The molecule has 2 amide bonds. The third-order valence-corrected chi connectivity index (χ3v) is 3.14. The van der Waals surface area contributed by atoms with Crippen molar-refractivity contribution in [1.29, 1.82) is 0 Å². The van der Waals surface area contributed by atoms with Crippen LogP contribution in [0.2, 0.25) is 0 Å². The molecule has 0 aliphatic heterocycles. The van der Waals surface area contributed by atoms with Crippen molar-refractivity contribution >= 4 is 11.7 Å². The van der Waals surface area contributed by atoms with E-state index in [0.717, 1.165) is 24.3 Å². The van der Waals surface area contributed by atoms with Gasteiger partial charge in [-0.2, -0.15) is 0 Å². The van der Waals surface area contributed by atoms with Gasteiger partial charge in [0.1, 0.15) is 17.4 Å². The lowest BCUT2D eigenvalue weighted by atomic mass is 10.1. The number of nitrogens with one attached hydrogen (secondary N) is 2. The van der Waals surface area contributed by atoms with Gasteiger partial charge in [0.15, 0.2) is 0 Å². The fourth-order valence-corrected chi connectivity index (χ4v) is 1.99. The molecule has 25 heavy (non-hydrogen) atoms. The van der Waals surface area contributed by atoms with Gasteiger partial charge in [-0.3, -0.25) is 0 Å². The van der Waals surface area contributed by atoms with E-state index in [1.54, 1.807) is 6.92 Å². The molecule has 2 aromatic carbocycles. The molecule has 2 N–H and O–H groups in total. The summed E-state index contributed by atoms with van der Waals surface area (Å²) in [6.07, 6.45) is -4.79. The van der Waals surface area contributed by atoms with Crippen LogP contribution >= 0.6 is 0 Å². The van der Waals surface area contributed by atoms with Gasteiger partial charge in [0, 0.05) is 6.07 Å². The van der Waals surface area contributed by atoms with E-state index in [9.17, 15) is 26.7 Å². The largest absolute Gasteiger partial charge is 0.573 e. The molecule has 0 fully saturated rings. The van der Waals surface area contributed by atoms with Crippen molar-refractivity contribution in [2.24, 2.45) is 0 Å². The minimum Gasteiger partial charge on any atom is -0.406 e. The van der Waals surface area contributed by atoms with Gasteiger partial charge in [-0.05, 0) is 36.8 Å². The zero-order valence-electron chi connectivity index (χ0n) is 12.8. The molecule has 1 unspecified atom stereocenters. The summed E-state index contributed by atoms with van der Waals surface area (Å²) in [7, 11) is 0. The minimum absolute atomic E-state index is 0.208. The first-order chi connectivity index (χ1) is 11.6. The van der Waals surface area contributed by atoms with E-state index < -0.39 is 30.1 Å². The van der Waals surface area contributed by atoms with E-state index >= 15 is 0 Å². The van der Waals surface area contributed by atoms with Crippen LogP contribution in [0.15, 0.2) is 42.5 Å². The Hall–Kier alpha value is -2.84. The SMILES string of the molecule is CC(NC(=O)Nc1ccc(F)cc1F)c1ccc(OC(F)(F)F)cc1. The molecular formula is C16H13F5N2O2. The molecule has 0 aromatic heterocycles. The number of amides is 2. The molecule has 4 nitrogen and oxygen atoms in total. The Morgan fingerprint density at radius 2 is 1.72 bits per heavy atom. The zero-order chi connectivity index (χ0) is 18.6. The number of halogens is 5. The number of ether oxygens (including phenoxy) is 1. The summed E-state index contributed by atoms with van der Waals surface area (Å²) in [4.78, 5) is 11.8. The molecular weight excluding hydrogens is 347 g/mol. The first-order valence-electron chi connectivity index (χ1n) is 7.02. The van der Waals surface area contributed by atoms with Crippen LogP contribution in [-0.2, 0) is 0 Å². The van der Waals surface area contributed by atoms with Gasteiger partial charge < -0.3 is 15.4 Å². The Morgan fingerprint density at radius 1 is 1.08 bits per heavy atom. The number of anilines is 1. The van der Waals surface area contributed by atoms with Crippen LogP contribution in [0.1, 0.15) is 18.5 Å². The van der Waals surface area contributed by atoms with Crippen molar-refractivity contribution < 1.29 is 31.5 Å². The first-order valence-corrected chi connectivity index (χ1v) is 7.02. The number of carbonyl (C=O) groups excluding carboxylic acids is 1. The average molecular weight is 360 g/mol. The second-order valence-corrected chi connectivity index (χ2v) is 5.06. The lowest BCUT2D eigenvalue weighted by Crippen LogP contribution is -2.31. The third kappa shape index (κ3) is 5.63. The Kier molecular flexibility index (Phi) is 5.45. The Labute approximate surface area is 139 Å². The van der Waals surface area contributed by atoms with E-state index in [4.69, 9.17) is 0 Å². The Bertz CT molecular complexity index is 747. The zero-order valence-corrected chi connectivity index (χ0v) is 12.8. The maximum atomic E-state index is 13.5. The normalized spacial score (nSPS) is 12.4. The Morgan fingerprint density at radius 3 is 2.28 bits per heavy atom. The van der Waals surface area contributed by atoms with Gasteiger partial charge in [0.05, 0.1) is 11.7 Å². The first kappa shape index (κ1) is 18.5. The van der Waals surface area contributed by atoms with Gasteiger partial charge in [-0.1, -0.05) is 12.1 Å². The van der Waals surface area contributed by atoms with E-state index in [1.807, 2.05) is 0 Å². The number of benzene rings is 2. The molecule has 0 radical (unpaired) electrons. The molecule has 2 aromatic rings. The summed E-state index contributed by atoms with van der Waals surface area (Å²) in [5, 5.41) is 4.70. The predicted molar refractivity (Wildman–Crippen MR) is 80.1 cm³/mol.